The monoisotopic (exact) mass is 492 g/mol. The largest absolute Gasteiger partial charge is 0.508 e. The van der Waals surface area contributed by atoms with Crippen LogP contribution >= 0.6 is 0 Å². The number of benzene rings is 4. The van der Waals surface area contributed by atoms with Crippen LogP contribution in [0.15, 0.2) is 103 Å². The molecule has 1 N–H and O–H groups in total. The number of likely N-dealkylation sites (tertiary alicyclic amines) is 1. The third-order valence-corrected chi connectivity index (χ3v) is 6.77. The van der Waals surface area contributed by atoms with E-state index in [0.717, 1.165) is 47.9 Å². The van der Waals surface area contributed by atoms with Crippen molar-refractivity contribution in [3.8, 4) is 22.6 Å². The van der Waals surface area contributed by atoms with Gasteiger partial charge in [0.05, 0.1) is 0 Å². The predicted molar refractivity (Wildman–Crippen MR) is 149 cm³/mol. The lowest BCUT2D eigenvalue weighted by atomic mass is 10.0. The molecule has 1 fully saturated rings. The molecule has 1 aliphatic rings. The number of phenolic OH excluding ortho intramolecular Hbond substituents is 1. The van der Waals surface area contributed by atoms with E-state index in [1.807, 2.05) is 66.7 Å². The minimum atomic E-state index is -0.175. The molecule has 0 aliphatic carbocycles. The maximum Gasteiger partial charge on any atom is 0.262 e. The lowest BCUT2D eigenvalue weighted by Crippen LogP contribution is -2.33. The Morgan fingerprint density at radius 2 is 1.32 bits per heavy atom. The number of ether oxygens (including phenoxy) is 1. The van der Waals surface area contributed by atoms with Crippen molar-refractivity contribution in [3.63, 3.8) is 0 Å². The SMILES string of the molecule is O=C(c1ccc(O)cc1)N(c1ccc(OCCN2CCCCC2)cc1)c1ccc(-c2ccccc2)cc1. The van der Waals surface area contributed by atoms with Gasteiger partial charge in [0, 0.05) is 23.5 Å². The Bertz CT molecular complexity index is 1280. The molecule has 5 nitrogen and oxygen atoms in total. The summed E-state index contributed by atoms with van der Waals surface area (Å²) in [5, 5.41) is 9.69. The summed E-state index contributed by atoms with van der Waals surface area (Å²) in [5.41, 5.74) is 4.20. The second-order valence-electron chi connectivity index (χ2n) is 9.35. The summed E-state index contributed by atoms with van der Waals surface area (Å²) in [5.74, 6) is 0.741. The fraction of sp³-hybridized carbons (Fsp3) is 0.219. The minimum Gasteiger partial charge on any atom is -0.508 e. The average molecular weight is 493 g/mol. The normalized spacial score (nSPS) is 13.7. The summed E-state index contributed by atoms with van der Waals surface area (Å²) in [4.78, 5) is 17.8. The highest BCUT2D eigenvalue weighted by Gasteiger charge is 2.20. The average Bonchev–Trinajstić information content (AvgIpc) is 2.96. The number of amides is 1. The third kappa shape index (κ3) is 6.19. The van der Waals surface area contributed by atoms with E-state index in [9.17, 15) is 9.90 Å². The van der Waals surface area contributed by atoms with E-state index in [1.54, 1.807) is 17.0 Å². The maximum atomic E-state index is 13.7. The number of piperidine rings is 1. The van der Waals surface area contributed by atoms with Crippen LogP contribution in [0.25, 0.3) is 11.1 Å². The highest BCUT2D eigenvalue weighted by Crippen LogP contribution is 2.31. The molecule has 0 atom stereocenters. The van der Waals surface area contributed by atoms with Crippen molar-refractivity contribution in [2.75, 3.05) is 31.1 Å². The number of carbonyl (C=O) groups is 1. The molecular formula is C32H32N2O3. The number of hydrogen-bond donors (Lipinski definition) is 1. The molecule has 1 saturated heterocycles. The van der Waals surface area contributed by atoms with E-state index in [2.05, 4.69) is 17.0 Å². The fourth-order valence-electron chi connectivity index (χ4n) is 4.72. The van der Waals surface area contributed by atoms with Crippen molar-refractivity contribution in [1.82, 2.24) is 4.90 Å². The standard InChI is InChI=1S/C32H32N2O3/c35-30-17-11-27(12-18-30)32(36)34(28-13-9-26(10-14-28)25-7-3-1-4-8-25)29-15-19-31(20-16-29)37-24-23-33-21-5-2-6-22-33/h1,3-4,7-20,35H,2,5-6,21-24H2. The second kappa shape index (κ2) is 11.8. The highest BCUT2D eigenvalue weighted by atomic mass is 16.5. The zero-order chi connectivity index (χ0) is 25.5. The van der Waals surface area contributed by atoms with Gasteiger partial charge < -0.3 is 9.84 Å². The Morgan fingerprint density at radius 3 is 1.97 bits per heavy atom. The van der Waals surface area contributed by atoms with Gasteiger partial charge >= 0.3 is 0 Å². The molecule has 0 spiro atoms. The molecule has 1 aliphatic heterocycles. The maximum absolute atomic E-state index is 13.7. The van der Waals surface area contributed by atoms with Gasteiger partial charge in [-0.25, -0.2) is 0 Å². The number of aromatic hydroxyl groups is 1. The van der Waals surface area contributed by atoms with Crippen LogP contribution in [0.2, 0.25) is 0 Å². The molecule has 5 heteroatoms. The lowest BCUT2D eigenvalue weighted by Gasteiger charge is -2.26. The van der Waals surface area contributed by atoms with Gasteiger partial charge in [0.25, 0.3) is 5.91 Å². The fourth-order valence-corrected chi connectivity index (χ4v) is 4.72. The van der Waals surface area contributed by atoms with Gasteiger partial charge in [0.2, 0.25) is 0 Å². The number of phenols is 1. The van der Waals surface area contributed by atoms with Crippen molar-refractivity contribution in [2.45, 2.75) is 19.3 Å². The molecule has 0 aromatic heterocycles. The van der Waals surface area contributed by atoms with E-state index in [0.29, 0.717) is 12.2 Å². The van der Waals surface area contributed by atoms with E-state index in [1.165, 1.54) is 31.4 Å². The Balaban J connectivity index is 1.36. The van der Waals surface area contributed by atoms with Gasteiger partial charge in [-0.15, -0.1) is 0 Å². The number of nitrogens with zero attached hydrogens (tertiary/aromatic N) is 2. The summed E-state index contributed by atoms with van der Waals surface area (Å²) >= 11 is 0. The molecule has 0 radical (unpaired) electrons. The number of carbonyl (C=O) groups excluding carboxylic acids is 1. The molecule has 0 bridgehead atoms. The van der Waals surface area contributed by atoms with Crippen molar-refractivity contribution in [2.24, 2.45) is 0 Å². The molecule has 37 heavy (non-hydrogen) atoms. The molecule has 1 amide bonds. The molecular weight excluding hydrogens is 460 g/mol. The molecule has 4 aromatic carbocycles. The van der Waals surface area contributed by atoms with Crippen LogP contribution in [-0.2, 0) is 0 Å². The molecule has 1 heterocycles. The molecule has 0 unspecified atom stereocenters. The summed E-state index contributed by atoms with van der Waals surface area (Å²) in [6.07, 6.45) is 3.87. The van der Waals surface area contributed by atoms with E-state index in [-0.39, 0.29) is 11.7 Å². The molecule has 188 valence electrons. The minimum absolute atomic E-state index is 0.126. The quantitative estimate of drug-likeness (QED) is 0.291. The summed E-state index contributed by atoms with van der Waals surface area (Å²) in [6, 6.07) is 32.1. The Labute approximate surface area is 218 Å². The van der Waals surface area contributed by atoms with Crippen LogP contribution in [0.3, 0.4) is 0 Å². The van der Waals surface area contributed by atoms with Crippen LogP contribution < -0.4 is 9.64 Å². The molecule has 5 rings (SSSR count). The predicted octanol–water partition coefficient (Wildman–Crippen LogP) is 6.90. The summed E-state index contributed by atoms with van der Waals surface area (Å²) < 4.78 is 6.00. The first kappa shape index (κ1) is 24.6. The van der Waals surface area contributed by atoms with E-state index < -0.39 is 0 Å². The van der Waals surface area contributed by atoms with Crippen LogP contribution in [0.4, 0.5) is 11.4 Å². The Morgan fingerprint density at radius 1 is 0.730 bits per heavy atom. The van der Waals surface area contributed by atoms with Crippen molar-refractivity contribution >= 4 is 17.3 Å². The number of hydrogen-bond acceptors (Lipinski definition) is 4. The smallest absolute Gasteiger partial charge is 0.262 e. The first-order chi connectivity index (χ1) is 18.2. The second-order valence-corrected chi connectivity index (χ2v) is 9.35. The van der Waals surface area contributed by atoms with Gasteiger partial charge in [0.15, 0.2) is 0 Å². The van der Waals surface area contributed by atoms with Crippen LogP contribution in [0.5, 0.6) is 11.5 Å². The number of anilines is 2. The van der Waals surface area contributed by atoms with E-state index in [4.69, 9.17) is 4.74 Å². The molecule has 4 aromatic rings. The first-order valence-corrected chi connectivity index (χ1v) is 12.9. The first-order valence-electron chi connectivity index (χ1n) is 12.9. The lowest BCUT2D eigenvalue weighted by molar-refractivity contribution is 0.0999. The molecule has 0 saturated carbocycles. The Kier molecular flexibility index (Phi) is 7.82. The zero-order valence-electron chi connectivity index (χ0n) is 20.9. The van der Waals surface area contributed by atoms with Gasteiger partial charge in [-0.05, 0) is 97.7 Å². The summed E-state index contributed by atoms with van der Waals surface area (Å²) in [7, 11) is 0. The van der Waals surface area contributed by atoms with Crippen LogP contribution in [-0.4, -0.2) is 42.2 Å². The highest BCUT2D eigenvalue weighted by molar-refractivity contribution is 6.11. The van der Waals surface area contributed by atoms with Crippen LogP contribution in [0.1, 0.15) is 29.6 Å². The number of rotatable bonds is 8. The van der Waals surface area contributed by atoms with Crippen LogP contribution in [0, 0.1) is 0 Å². The van der Waals surface area contributed by atoms with Gasteiger partial charge in [-0.3, -0.25) is 14.6 Å². The van der Waals surface area contributed by atoms with Gasteiger partial charge in [-0.1, -0.05) is 48.9 Å². The van der Waals surface area contributed by atoms with Crippen molar-refractivity contribution < 1.29 is 14.6 Å². The Hall–Kier alpha value is -4.09. The van der Waals surface area contributed by atoms with Crippen molar-refractivity contribution in [3.05, 3.63) is 109 Å². The summed E-state index contributed by atoms with van der Waals surface area (Å²) in [6.45, 7) is 3.89. The van der Waals surface area contributed by atoms with Gasteiger partial charge in [0.1, 0.15) is 18.1 Å². The topological polar surface area (TPSA) is 53.0 Å². The zero-order valence-corrected chi connectivity index (χ0v) is 20.9. The van der Waals surface area contributed by atoms with Gasteiger partial charge in [-0.2, -0.15) is 0 Å². The van der Waals surface area contributed by atoms with Crippen molar-refractivity contribution in [1.29, 1.82) is 0 Å². The third-order valence-electron chi connectivity index (χ3n) is 6.77. The van der Waals surface area contributed by atoms with E-state index >= 15 is 0 Å².